The topological polar surface area (TPSA) is 70.1 Å². The minimum Gasteiger partial charge on any atom is -0.455 e. The van der Waals surface area contributed by atoms with Gasteiger partial charge in [-0.15, -0.1) is 11.3 Å². The largest absolute Gasteiger partial charge is 0.455 e. The summed E-state index contributed by atoms with van der Waals surface area (Å²) in [6, 6.07) is 1.79. The van der Waals surface area contributed by atoms with Crippen molar-refractivity contribution < 1.29 is 9.53 Å². The number of nitrogen functional groups attached to an aromatic ring is 1. The van der Waals surface area contributed by atoms with Crippen molar-refractivity contribution >= 4 is 23.0 Å². The number of hydrogen-bond donors (Lipinski definition) is 1. The van der Waals surface area contributed by atoms with Gasteiger partial charge in [-0.2, -0.15) is 0 Å². The summed E-state index contributed by atoms with van der Waals surface area (Å²) in [6.07, 6.45) is 3.43. The molecule has 96 valence electrons. The van der Waals surface area contributed by atoms with Crippen LogP contribution in [0.5, 0.6) is 0 Å². The maximum atomic E-state index is 12.0. The molecule has 0 bridgehead atoms. The summed E-state index contributed by atoms with van der Waals surface area (Å²) in [5.41, 5.74) is 8.46. The third-order valence-corrected chi connectivity index (χ3v) is 3.22. The molecule has 0 aliphatic rings. The SMILES string of the molecule is CC(C)n1cc(N)cc1C(=O)OCc1cncs1. The number of carbonyl (C=O) groups excluding carboxylic acids is 1. The Hall–Kier alpha value is -1.82. The predicted molar refractivity (Wildman–Crippen MR) is 70.5 cm³/mol. The third-order valence-electron chi connectivity index (χ3n) is 2.46. The van der Waals surface area contributed by atoms with Crippen LogP contribution in [0.15, 0.2) is 24.0 Å². The zero-order valence-corrected chi connectivity index (χ0v) is 11.1. The number of nitrogens with zero attached hydrogens (tertiary/aromatic N) is 2. The number of nitrogens with two attached hydrogens (primary N) is 1. The molecule has 0 aliphatic carbocycles. The highest BCUT2D eigenvalue weighted by molar-refractivity contribution is 7.09. The number of aromatic nitrogens is 2. The van der Waals surface area contributed by atoms with Crippen LogP contribution in [0.25, 0.3) is 0 Å². The molecule has 0 fully saturated rings. The van der Waals surface area contributed by atoms with Gasteiger partial charge in [-0.25, -0.2) is 4.79 Å². The molecule has 2 rings (SSSR count). The molecule has 0 saturated heterocycles. The van der Waals surface area contributed by atoms with E-state index in [0.29, 0.717) is 11.4 Å². The first kappa shape index (κ1) is 12.6. The van der Waals surface area contributed by atoms with E-state index < -0.39 is 0 Å². The van der Waals surface area contributed by atoms with E-state index in [1.54, 1.807) is 24.0 Å². The lowest BCUT2D eigenvalue weighted by molar-refractivity contribution is 0.0462. The Morgan fingerprint density at radius 3 is 3.00 bits per heavy atom. The fourth-order valence-corrected chi connectivity index (χ4v) is 2.12. The number of ether oxygens (including phenoxy) is 1. The fourth-order valence-electron chi connectivity index (χ4n) is 1.62. The molecule has 18 heavy (non-hydrogen) atoms. The van der Waals surface area contributed by atoms with E-state index in [0.717, 1.165) is 4.88 Å². The van der Waals surface area contributed by atoms with E-state index >= 15 is 0 Å². The molecular weight excluding hydrogens is 250 g/mol. The predicted octanol–water partition coefficient (Wildman–Crippen LogP) is 2.46. The molecule has 0 aromatic carbocycles. The minimum atomic E-state index is -0.367. The van der Waals surface area contributed by atoms with Crippen LogP contribution in [0.2, 0.25) is 0 Å². The highest BCUT2D eigenvalue weighted by atomic mass is 32.1. The van der Waals surface area contributed by atoms with Gasteiger partial charge < -0.3 is 15.0 Å². The van der Waals surface area contributed by atoms with Gasteiger partial charge in [0.1, 0.15) is 12.3 Å². The average Bonchev–Trinajstić information content (AvgIpc) is 2.94. The third kappa shape index (κ3) is 2.70. The molecule has 0 aliphatic heterocycles. The van der Waals surface area contributed by atoms with Crippen LogP contribution in [0.4, 0.5) is 5.69 Å². The Morgan fingerprint density at radius 1 is 1.61 bits per heavy atom. The normalized spacial score (nSPS) is 10.8. The highest BCUT2D eigenvalue weighted by Crippen LogP contribution is 2.18. The van der Waals surface area contributed by atoms with Crippen molar-refractivity contribution in [2.24, 2.45) is 0 Å². The van der Waals surface area contributed by atoms with E-state index in [4.69, 9.17) is 10.5 Å². The second kappa shape index (κ2) is 5.22. The zero-order chi connectivity index (χ0) is 13.1. The van der Waals surface area contributed by atoms with E-state index in [-0.39, 0.29) is 18.6 Å². The van der Waals surface area contributed by atoms with Crippen LogP contribution < -0.4 is 5.73 Å². The van der Waals surface area contributed by atoms with E-state index in [9.17, 15) is 4.79 Å². The lowest BCUT2D eigenvalue weighted by Crippen LogP contribution is -2.12. The standard InChI is InChI=1S/C12H15N3O2S/c1-8(2)15-5-9(13)3-11(15)12(16)17-6-10-4-14-7-18-10/h3-5,7-8H,6,13H2,1-2H3. The summed E-state index contributed by atoms with van der Waals surface area (Å²) in [5.74, 6) is -0.367. The zero-order valence-electron chi connectivity index (χ0n) is 10.3. The number of rotatable bonds is 4. The molecule has 6 heteroatoms. The highest BCUT2D eigenvalue weighted by Gasteiger charge is 2.16. The summed E-state index contributed by atoms with van der Waals surface area (Å²) in [6.45, 7) is 4.21. The van der Waals surface area contributed by atoms with Gasteiger partial charge in [0.15, 0.2) is 0 Å². The molecule has 2 aromatic heterocycles. The van der Waals surface area contributed by atoms with E-state index in [1.807, 2.05) is 18.4 Å². The summed E-state index contributed by atoms with van der Waals surface area (Å²) >= 11 is 1.46. The van der Waals surface area contributed by atoms with Gasteiger partial charge in [0.2, 0.25) is 0 Å². The molecule has 0 atom stereocenters. The molecule has 0 unspecified atom stereocenters. The van der Waals surface area contributed by atoms with Gasteiger partial charge in [-0.1, -0.05) is 0 Å². The van der Waals surface area contributed by atoms with Gasteiger partial charge in [0.25, 0.3) is 0 Å². The lowest BCUT2D eigenvalue weighted by atomic mass is 10.3. The van der Waals surface area contributed by atoms with E-state index in [2.05, 4.69) is 4.98 Å². The summed E-state index contributed by atoms with van der Waals surface area (Å²) in [7, 11) is 0. The molecule has 2 heterocycles. The maximum absolute atomic E-state index is 12.0. The second-order valence-electron chi connectivity index (χ2n) is 4.20. The van der Waals surface area contributed by atoms with Crippen molar-refractivity contribution in [3.63, 3.8) is 0 Å². The molecule has 2 aromatic rings. The summed E-state index contributed by atoms with van der Waals surface area (Å²) in [5, 5.41) is 0. The second-order valence-corrected chi connectivity index (χ2v) is 5.17. The van der Waals surface area contributed by atoms with Crippen LogP contribution in [0, 0.1) is 0 Å². The molecule has 0 amide bonds. The first-order chi connectivity index (χ1) is 8.58. The Kier molecular flexibility index (Phi) is 3.66. The van der Waals surface area contributed by atoms with Gasteiger partial charge >= 0.3 is 5.97 Å². The molecule has 0 radical (unpaired) electrons. The number of esters is 1. The molecule has 2 N–H and O–H groups in total. The Balaban J connectivity index is 2.09. The van der Waals surface area contributed by atoms with Crippen LogP contribution in [0.3, 0.4) is 0 Å². The molecular formula is C12H15N3O2S. The first-order valence-electron chi connectivity index (χ1n) is 5.59. The molecule has 0 spiro atoms. The molecule has 5 nitrogen and oxygen atoms in total. The quantitative estimate of drug-likeness (QED) is 0.862. The molecule has 0 saturated carbocycles. The minimum absolute atomic E-state index is 0.160. The maximum Gasteiger partial charge on any atom is 0.355 e. The number of hydrogen-bond acceptors (Lipinski definition) is 5. The smallest absolute Gasteiger partial charge is 0.355 e. The van der Waals surface area contributed by atoms with Crippen molar-refractivity contribution in [2.45, 2.75) is 26.5 Å². The van der Waals surface area contributed by atoms with Crippen LogP contribution >= 0.6 is 11.3 Å². The summed E-state index contributed by atoms with van der Waals surface area (Å²) in [4.78, 5) is 16.8. The van der Waals surface area contributed by atoms with Gasteiger partial charge in [-0.05, 0) is 19.9 Å². The van der Waals surface area contributed by atoms with Gasteiger partial charge in [0.05, 0.1) is 16.1 Å². The van der Waals surface area contributed by atoms with E-state index in [1.165, 1.54) is 11.3 Å². The Morgan fingerprint density at radius 2 is 2.39 bits per heavy atom. The number of carbonyl (C=O) groups is 1. The van der Waals surface area contributed by atoms with Crippen molar-refractivity contribution in [1.82, 2.24) is 9.55 Å². The average molecular weight is 265 g/mol. The number of thiazole rings is 1. The van der Waals surface area contributed by atoms with Crippen molar-refractivity contribution in [3.8, 4) is 0 Å². The Bertz CT molecular complexity index is 532. The fraction of sp³-hybridized carbons (Fsp3) is 0.333. The van der Waals surface area contributed by atoms with Gasteiger partial charge in [0, 0.05) is 18.4 Å². The van der Waals surface area contributed by atoms with Crippen LogP contribution in [0.1, 0.15) is 35.3 Å². The van der Waals surface area contributed by atoms with Gasteiger partial charge in [-0.3, -0.25) is 4.98 Å². The van der Waals surface area contributed by atoms with Crippen molar-refractivity contribution in [2.75, 3.05) is 5.73 Å². The van der Waals surface area contributed by atoms with Crippen molar-refractivity contribution in [1.29, 1.82) is 0 Å². The monoisotopic (exact) mass is 265 g/mol. The Labute approximate surface area is 109 Å². The lowest BCUT2D eigenvalue weighted by Gasteiger charge is -2.11. The van der Waals surface area contributed by atoms with Crippen LogP contribution in [-0.4, -0.2) is 15.5 Å². The van der Waals surface area contributed by atoms with Crippen LogP contribution in [-0.2, 0) is 11.3 Å². The van der Waals surface area contributed by atoms with Crippen molar-refractivity contribution in [3.05, 3.63) is 34.5 Å². The first-order valence-corrected chi connectivity index (χ1v) is 6.47. The number of anilines is 1. The summed E-state index contributed by atoms with van der Waals surface area (Å²) < 4.78 is 7.04.